The van der Waals surface area contributed by atoms with Gasteiger partial charge in [-0.3, -0.25) is 9.88 Å². The predicted molar refractivity (Wildman–Crippen MR) is 139 cm³/mol. The molecule has 2 fully saturated rings. The molecule has 0 spiro atoms. The molecule has 4 heterocycles. The molecular formula is C28H30N6O2. The van der Waals surface area contributed by atoms with Gasteiger partial charge in [-0.05, 0) is 60.9 Å². The molecule has 1 N–H and O–H groups in total. The molecule has 6 rings (SSSR count). The monoisotopic (exact) mass is 482 g/mol. The second-order valence-corrected chi connectivity index (χ2v) is 10.1. The molecule has 3 aliphatic rings. The molecule has 0 unspecified atom stereocenters. The molecule has 8 heteroatoms. The van der Waals surface area contributed by atoms with Gasteiger partial charge in [0.05, 0.1) is 11.1 Å². The Morgan fingerprint density at radius 3 is 2.67 bits per heavy atom. The number of anilines is 2. The number of fused-ring (bicyclic) bond motifs is 3. The summed E-state index contributed by atoms with van der Waals surface area (Å²) in [7, 11) is 0. The van der Waals surface area contributed by atoms with Crippen LogP contribution in [0.1, 0.15) is 23.6 Å². The fourth-order valence-electron chi connectivity index (χ4n) is 6.16. The zero-order valence-corrected chi connectivity index (χ0v) is 20.5. The molecule has 3 aliphatic heterocycles. The highest BCUT2D eigenvalue weighted by atomic mass is 16.4. The van der Waals surface area contributed by atoms with E-state index in [0.29, 0.717) is 30.7 Å². The number of hydrogen-bond acceptors (Lipinski definition) is 6. The molecule has 1 amide bonds. The molecule has 8 nitrogen and oxygen atoms in total. The fourth-order valence-corrected chi connectivity index (χ4v) is 6.16. The summed E-state index contributed by atoms with van der Waals surface area (Å²) in [6.07, 6.45) is 1.91. The highest BCUT2D eigenvalue weighted by Crippen LogP contribution is 2.35. The minimum absolute atomic E-state index is 0.405. The highest BCUT2D eigenvalue weighted by Gasteiger charge is 2.36. The lowest BCUT2D eigenvalue weighted by Crippen LogP contribution is -2.59. The average Bonchev–Trinajstić information content (AvgIpc) is 2.91. The third kappa shape index (κ3) is 3.90. The molecule has 0 bridgehead atoms. The third-order valence-electron chi connectivity index (χ3n) is 8.07. The Balaban J connectivity index is 1.24. The maximum absolute atomic E-state index is 11.3. The first kappa shape index (κ1) is 22.6. The second kappa shape index (κ2) is 8.99. The highest BCUT2D eigenvalue weighted by molar-refractivity contribution is 5.95. The Bertz CT molecular complexity index is 1360. The molecule has 2 aromatic carbocycles. The van der Waals surface area contributed by atoms with Gasteiger partial charge in [-0.25, -0.2) is 4.79 Å². The van der Waals surface area contributed by atoms with Gasteiger partial charge in [0.25, 0.3) is 0 Å². The third-order valence-corrected chi connectivity index (χ3v) is 8.07. The summed E-state index contributed by atoms with van der Waals surface area (Å²) in [4.78, 5) is 24.7. The number of piperazine rings is 2. The van der Waals surface area contributed by atoms with E-state index in [1.165, 1.54) is 21.7 Å². The van der Waals surface area contributed by atoms with Gasteiger partial charge in [0.2, 0.25) is 0 Å². The van der Waals surface area contributed by atoms with Crippen LogP contribution in [0.4, 0.5) is 16.2 Å². The summed E-state index contributed by atoms with van der Waals surface area (Å²) < 4.78 is 0. The van der Waals surface area contributed by atoms with Gasteiger partial charge in [-0.2, -0.15) is 5.26 Å². The topological polar surface area (TPSA) is 86.9 Å². The van der Waals surface area contributed by atoms with Crippen molar-refractivity contribution in [1.29, 1.82) is 5.26 Å². The zero-order valence-electron chi connectivity index (χ0n) is 20.5. The Kier molecular flexibility index (Phi) is 5.65. The zero-order chi connectivity index (χ0) is 24.8. The minimum Gasteiger partial charge on any atom is -0.465 e. The maximum Gasteiger partial charge on any atom is 0.407 e. The molecule has 0 aliphatic carbocycles. The van der Waals surface area contributed by atoms with Gasteiger partial charge < -0.3 is 19.8 Å². The number of nitrogens with zero attached hydrogens (tertiary/aromatic N) is 6. The van der Waals surface area contributed by atoms with Gasteiger partial charge in [0, 0.05) is 80.9 Å². The number of carboxylic acid groups (broad SMARTS) is 1. The van der Waals surface area contributed by atoms with Crippen molar-refractivity contribution in [2.75, 3.05) is 49.1 Å². The number of hydrogen-bond donors (Lipinski definition) is 1. The summed E-state index contributed by atoms with van der Waals surface area (Å²) in [6, 6.07) is 17.9. The molecule has 0 radical (unpaired) electrons. The van der Waals surface area contributed by atoms with Crippen molar-refractivity contribution in [1.82, 2.24) is 14.8 Å². The van der Waals surface area contributed by atoms with E-state index < -0.39 is 6.09 Å². The number of rotatable bonds is 2. The molecule has 2 atom stereocenters. The molecular weight excluding hydrogens is 452 g/mol. The van der Waals surface area contributed by atoms with Crippen LogP contribution < -0.4 is 9.80 Å². The van der Waals surface area contributed by atoms with Crippen LogP contribution in [0.15, 0.2) is 48.7 Å². The maximum atomic E-state index is 11.3. The fraction of sp³-hybridized carbons (Fsp3) is 0.393. The van der Waals surface area contributed by atoms with Gasteiger partial charge in [0.15, 0.2) is 0 Å². The van der Waals surface area contributed by atoms with E-state index in [1.807, 2.05) is 12.1 Å². The summed E-state index contributed by atoms with van der Waals surface area (Å²) in [5.41, 5.74) is 6.53. The molecule has 184 valence electrons. The van der Waals surface area contributed by atoms with Crippen molar-refractivity contribution in [2.24, 2.45) is 0 Å². The Hall–Kier alpha value is -3.83. The Morgan fingerprint density at radius 2 is 1.89 bits per heavy atom. The smallest absolute Gasteiger partial charge is 0.407 e. The molecule has 3 aromatic rings. The van der Waals surface area contributed by atoms with Gasteiger partial charge in [-0.1, -0.05) is 6.07 Å². The van der Waals surface area contributed by atoms with Crippen LogP contribution in [-0.2, 0) is 13.0 Å². The lowest BCUT2D eigenvalue weighted by atomic mass is 9.89. The van der Waals surface area contributed by atoms with Crippen LogP contribution >= 0.6 is 0 Å². The lowest BCUT2D eigenvalue weighted by molar-refractivity contribution is 0.101. The van der Waals surface area contributed by atoms with Crippen molar-refractivity contribution in [3.63, 3.8) is 0 Å². The van der Waals surface area contributed by atoms with E-state index in [2.05, 4.69) is 63.0 Å². The van der Waals surface area contributed by atoms with E-state index in [-0.39, 0.29) is 0 Å². The van der Waals surface area contributed by atoms with E-state index >= 15 is 0 Å². The van der Waals surface area contributed by atoms with E-state index in [0.717, 1.165) is 55.7 Å². The van der Waals surface area contributed by atoms with Crippen LogP contribution in [0.3, 0.4) is 0 Å². The molecule has 2 saturated heterocycles. The number of benzene rings is 2. The van der Waals surface area contributed by atoms with Gasteiger partial charge in [-0.15, -0.1) is 0 Å². The lowest BCUT2D eigenvalue weighted by Gasteiger charge is -2.49. The number of aromatic nitrogens is 1. The summed E-state index contributed by atoms with van der Waals surface area (Å²) in [5.74, 6) is 0. The number of nitriles is 1. The summed E-state index contributed by atoms with van der Waals surface area (Å²) in [5, 5.41) is 19.8. The number of pyridine rings is 1. The van der Waals surface area contributed by atoms with Crippen molar-refractivity contribution >= 4 is 28.4 Å². The molecule has 1 aromatic heterocycles. The van der Waals surface area contributed by atoms with Crippen LogP contribution in [0, 0.1) is 11.3 Å². The van der Waals surface area contributed by atoms with Crippen LogP contribution in [0.25, 0.3) is 10.9 Å². The standard InChI is InChI=1S/C28H30N6O2/c1-19-16-33(26-7-5-20(15-29)27-25(26)3-2-8-30-27)18-24-14-22-13-23(6-4-21(22)17-34(19)24)31-9-11-32(12-10-31)28(35)36/h2-8,13,19,24H,9-12,14,16-18H2,1H3,(H,35,36)/t19-,24+/m1/s1. The second-order valence-electron chi connectivity index (χ2n) is 10.1. The number of amides is 1. The normalized spacial score (nSPS) is 22.2. The van der Waals surface area contributed by atoms with Gasteiger partial charge >= 0.3 is 6.09 Å². The first-order valence-corrected chi connectivity index (χ1v) is 12.6. The average molecular weight is 483 g/mol. The van der Waals surface area contributed by atoms with E-state index in [4.69, 9.17) is 0 Å². The van der Waals surface area contributed by atoms with E-state index in [1.54, 1.807) is 6.20 Å². The van der Waals surface area contributed by atoms with Crippen LogP contribution in [0.2, 0.25) is 0 Å². The first-order chi connectivity index (χ1) is 17.5. The molecule has 36 heavy (non-hydrogen) atoms. The predicted octanol–water partition coefficient (Wildman–Crippen LogP) is 3.54. The number of carbonyl (C=O) groups is 1. The SMILES string of the molecule is C[C@@H]1CN(c2ccc(C#N)c3ncccc23)C[C@@H]2Cc3cc(N4CCN(C(=O)O)CC4)ccc3CN21. The van der Waals surface area contributed by atoms with Crippen molar-refractivity contribution < 1.29 is 9.90 Å². The summed E-state index contributed by atoms with van der Waals surface area (Å²) >= 11 is 0. The molecule has 0 saturated carbocycles. The van der Waals surface area contributed by atoms with Crippen LogP contribution in [-0.4, -0.2) is 77.3 Å². The van der Waals surface area contributed by atoms with Crippen molar-refractivity contribution in [2.45, 2.75) is 32.0 Å². The Labute approximate surface area is 211 Å². The largest absolute Gasteiger partial charge is 0.465 e. The van der Waals surface area contributed by atoms with Crippen LogP contribution in [0.5, 0.6) is 0 Å². The first-order valence-electron chi connectivity index (χ1n) is 12.6. The minimum atomic E-state index is -0.832. The quantitative estimate of drug-likeness (QED) is 0.598. The Morgan fingerprint density at radius 1 is 1.06 bits per heavy atom. The van der Waals surface area contributed by atoms with Crippen molar-refractivity contribution in [3.05, 3.63) is 65.4 Å². The van der Waals surface area contributed by atoms with Crippen molar-refractivity contribution in [3.8, 4) is 6.07 Å². The van der Waals surface area contributed by atoms with Gasteiger partial charge in [0.1, 0.15) is 6.07 Å². The van der Waals surface area contributed by atoms with E-state index in [9.17, 15) is 15.2 Å². The summed E-state index contributed by atoms with van der Waals surface area (Å²) in [6.45, 7) is 7.68.